The van der Waals surface area contributed by atoms with Crippen molar-refractivity contribution >= 4 is 22.0 Å². The highest BCUT2D eigenvalue weighted by Crippen LogP contribution is 2.28. The summed E-state index contributed by atoms with van der Waals surface area (Å²) >= 11 is 0. The highest BCUT2D eigenvalue weighted by atomic mass is 32.2. The lowest BCUT2D eigenvalue weighted by molar-refractivity contribution is -0.146. The van der Waals surface area contributed by atoms with E-state index in [1.54, 1.807) is 0 Å². The third-order valence-corrected chi connectivity index (χ3v) is 16.9. The van der Waals surface area contributed by atoms with Crippen LogP contribution in [0.2, 0.25) is 0 Å². The van der Waals surface area contributed by atoms with Crippen molar-refractivity contribution in [2.24, 2.45) is 17.8 Å². The van der Waals surface area contributed by atoms with Crippen molar-refractivity contribution in [3.05, 3.63) is 0 Å². The van der Waals surface area contributed by atoms with Crippen molar-refractivity contribution in [1.29, 1.82) is 0 Å². The van der Waals surface area contributed by atoms with Gasteiger partial charge in [0.2, 0.25) is 10.0 Å². The van der Waals surface area contributed by atoms with Crippen molar-refractivity contribution in [1.82, 2.24) is 9.21 Å². The smallest absolute Gasteiger partial charge is 0.305 e. The number of carbonyl (C=O) groups is 2. The van der Waals surface area contributed by atoms with Gasteiger partial charge in [-0.25, -0.2) is 8.42 Å². The molecular formula is C58H114N2O6S. The molecule has 0 bridgehead atoms. The molecule has 1 saturated heterocycles. The zero-order valence-corrected chi connectivity index (χ0v) is 46.4. The first-order valence-electron chi connectivity index (χ1n) is 29.6. The highest BCUT2D eigenvalue weighted by molar-refractivity contribution is 7.89. The molecule has 1 aliphatic rings. The normalized spacial score (nSPS) is 15.3. The summed E-state index contributed by atoms with van der Waals surface area (Å²) in [6.07, 6.45) is 43.9. The predicted octanol–water partition coefficient (Wildman–Crippen LogP) is 16.6. The Bertz CT molecular complexity index is 1170. The highest BCUT2D eigenvalue weighted by Gasteiger charge is 2.32. The first-order chi connectivity index (χ1) is 32.6. The van der Waals surface area contributed by atoms with Gasteiger partial charge in [0.15, 0.2) is 0 Å². The molecule has 9 heteroatoms. The van der Waals surface area contributed by atoms with E-state index in [1.807, 2.05) is 4.31 Å². The number of rotatable bonds is 49. The van der Waals surface area contributed by atoms with Crippen LogP contribution in [0.15, 0.2) is 0 Å². The van der Waals surface area contributed by atoms with E-state index in [0.717, 1.165) is 148 Å². The number of likely N-dealkylation sites (tertiary alicyclic amines) is 1. The predicted molar refractivity (Wildman–Crippen MR) is 287 cm³/mol. The number of esters is 2. The molecule has 0 aliphatic carbocycles. The van der Waals surface area contributed by atoms with Crippen molar-refractivity contribution in [2.75, 3.05) is 45.6 Å². The van der Waals surface area contributed by atoms with Crippen LogP contribution in [0.5, 0.6) is 0 Å². The second-order valence-electron chi connectivity index (χ2n) is 21.5. The van der Waals surface area contributed by atoms with Crippen molar-refractivity contribution in [3.8, 4) is 0 Å². The Balaban J connectivity index is 2.72. The molecule has 0 saturated carbocycles. The Morgan fingerprint density at radius 1 is 0.478 bits per heavy atom. The van der Waals surface area contributed by atoms with Crippen LogP contribution in [0.3, 0.4) is 0 Å². The van der Waals surface area contributed by atoms with Gasteiger partial charge in [0, 0.05) is 25.4 Å². The van der Waals surface area contributed by atoms with Gasteiger partial charge >= 0.3 is 11.9 Å². The number of hydrogen-bond acceptors (Lipinski definition) is 7. The van der Waals surface area contributed by atoms with E-state index < -0.39 is 10.0 Å². The number of unbranched alkanes of at least 4 members (excludes halogenated alkanes) is 23. The van der Waals surface area contributed by atoms with Crippen molar-refractivity contribution in [3.63, 3.8) is 0 Å². The molecule has 67 heavy (non-hydrogen) atoms. The van der Waals surface area contributed by atoms with Crippen LogP contribution in [-0.4, -0.2) is 81.3 Å². The van der Waals surface area contributed by atoms with Gasteiger partial charge < -0.3 is 14.4 Å². The molecule has 0 aromatic carbocycles. The average molecular weight is 968 g/mol. The molecule has 1 heterocycles. The SMILES string of the molecule is CCCCCCCCS(=O)(=O)N(CC1CCN(C)CC1)C(CCCCCCCCC(=O)OCC(CCCC)CCCCCC)CCCCCCCCC(=O)OCC(CCCC)CCCCCC. The molecule has 1 rings (SSSR count). The number of nitrogens with zero attached hydrogens (tertiary/aromatic N) is 2. The lowest BCUT2D eigenvalue weighted by atomic mass is 9.95. The molecule has 0 aromatic heterocycles. The molecule has 398 valence electrons. The zero-order chi connectivity index (χ0) is 49.1. The quantitative estimate of drug-likeness (QED) is 0.0443. The lowest BCUT2D eigenvalue weighted by Gasteiger charge is -2.37. The van der Waals surface area contributed by atoms with Crippen LogP contribution >= 0.6 is 0 Å². The first kappa shape index (κ1) is 63.8. The number of carbonyl (C=O) groups excluding carboxylic acids is 2. The average Bonchev–Trinajstić information content (AvgIpc) is 3.32. The van der Waals surface area contributed by atoms with Gasteiger partial charge in [0.25, 0.3) is 0 Å². The fraction of sp³-hybridized carbons (Fsp3) is 0.966. The van der Waals surface area contributed by atoms with Gasteiger partial charge in [-0.2, -0.15) is 4.31 Å². The van der Waals surface area contributed by atoms with Crippen LogP contribution in [0.4, 0.5) is 0 Å². The van der Waals surface area contributed by atoms with E-state index in [1.165, 1.54) is 109 Å². The lowest BCUT2D eigenvalue weighted by Crippen LogP contribution is -2.46. The molecule has 0 spiro atoms. The summed E-state index contributed by atoms with van der Waals surface area (Å²) in [5.41, 5.74) is 0. The zero-order valence-electron chi connectivity index (χ0n) is 45.6. The van der Waals surface area contributed by atoms with E-state index in [4.69, 9.17) is 9.47 Å². The van der Waals surface area contributed by atoms with E-state index in [-0.39, 0.29) is 23.7 Å². The molecule has 1 aliphatic heterocycles. The minimum absolute atomic E-state index is 0.0284. The van der Waals surface area contributed by atoms with Crippen LogP contribution in [0.25, 0.3) is 0 Å². The maximum atomic E-state index is 14.4. The van der Waals surface area contributed by atoms with Crippen LogP contribution in [0.1, 0.15) is 291 Å². The summed E-state index contributed by atoms with van der Waals surface area (Å²) in [7, 11) is -1.18. The fourth-order valence-corrected chi connectivity index (χ4v) is 12.1. The Labute approximate surface area is 417 Å². The van der Waals surface area contributed by atoms with E-state index >= 15 is 0 Å². The third-order valence-electron chi connectivity index (χ3n) is 15.0. The second kappa shape index (κ2) is 44.7. The third kappa shape index (κ3) is 36.4. The molecule has 0 amide bonds. The van der Waals surface area contributed by atoms with Gasteiger partial charge in [0.1, 0.15) is 0 Å². The Hall–Kier alpha value is -1.19. The summed E-state index contributed by atoms with van der Waals surface area (Å²) in [5, 5.41) is 0. The summed E-state index contributed by atoms with van der Waals surface area (Å²) in [4.78, 5) is 27.7. The van der Waals surface area contributed by atoms with E-state index in [2.05, 4.69) is 46.6 Å². The van der Waals surface area contributed by atoms with Gasteiger partial charge in [0.05, 0.1) is 19.0 Å². The van der Waals surface area contributed by atoms with Gasteiger partial charge in [-0.15, -0.1) is 0 Å². The summed E-state index contributed by atoms with van der Waals surface area (Å²) < 4.78 is 42.3. The number of sulfonamides is 1. The second-order valence-corrected chi connectivity index (χ2v) is 23.5. The molecule has 0 N–H and O–H groups in total. The molecule has 1 fully saturated rings. The van der Waals surface area contributed by atoms with Crippen LogP contribution < -0.4 is 0 Å². The van der Waals surface area contributed by atoms with Gasteiger partial charge in [-0.05, 0) is 109 Å². The maximum absolute atomic E-state index is 14.4. The summed E-state index contributed by atoms with van der Waals surface area (Å²) in [5.74, 6) is 1.67. The number of piperidine rings is 1. The van der Waals surface area contributed by atoms with Crippen LogP contribution in [0, 0.1) is 17.8 Å². The molecule has 0 radical (unpaired) electrons. The minimum Gasteiger partial charge on any atom is -0.465 e. The van der Waals surface area contributed by atoms with E-state index in [0.29, 0.717) is 50.4 Å². The minimum atomic E-state index is -3.37. The van der Waals surface area contributed by atoms with E-state index in [9.17, 15) is 18.0 Å². The number of hydrogen-bond donors (Lipinski definition) is 0. The summed E-state index contributed by atoms with van der Waals surface area (Å²) in [6.45, 7) is 15.2. The molecule has 2 atom stereocenters. The molecule has 2 unspecified atom stereocenters. The maximum Gasteiger partial charge on any atom is 0.305 e. The topological polar surface area (TPSA) is 93.2 Å². The molecule has 8 nitrogen and oxygen atoms in total. The molecule has 0 aromatic rings. The number of ether oxygens (including phenoxy) is 2. The van der Waals surface area contributed by atoms with Gasteiger partial charge in [-0.1, -0.05) is 208 Å². The van der Waals surface area contributed by atoms with Crippen molar-refractivity contribution < 1.29 is 27.5 Å². The monoisotopic (exact) mass is 967 g/mol. The Morgan fingerprint density at radius 2 is 0.821 bits per heavy atom. The molecular weight excluding hydrogens is 853 g/mol. The first-order valence-corrected chi connectivity index (χ1v) is 31.2. The summed E-state index contributed by atoms with van der Waals surface area (Å²) in [6, 6.07) is 0.0647. The Kier molecular flexibility index (Phi) is 42.6. The largest absolute Gasteiger partial charge is 0.465 e. The van der Waals surface area contributed by atoms with Gasteiger partial charge in [-0.3, -0.25) is 9.59 Å². The standard InChI is InChI=1S/C58H114N2O6S/c1-7-12-17-20-29-36-49-67(63,64)60(50-53-45-47-59(6)48-46-53)56(41-32-25-21-23-27-34-43-57(61)65-51-54(37-15-10-4)39-30-18-13-8-2)42-33-26-22-24-28-35-44-58(62)66-52-55(38-16-11-5)40-31-19-14-9-3/h53-56H,7-52H2,1-6H3. The fourth-order valence-electron chi connectivity index (χ4n) is 10.2. The Morgan fingerprint density at radius 3 is 1.25 bits per heavy atom. The van der Waals surface area contributed by atoms with Crippen molar-refractivity contribution in [2.45, 2.75) is 297 Å². The van der Waals surface area contributed by atoms with Crippen LogP contribution in [-0.2, 0) is 29.1 Å².